The first-order chi connectivity index (χ1) is 12.7. The minimum Gasteiger partial charge on any atom is -0.424 e. The Labute approximate surface area is 158 Å². The average Bonchev–Trinajstić information content (AvgIpc) is 3.13. The lowest BCUT2D eigenvalue weighted by Crippen LogP contribution is -2.63. The maximum atomic E-state index is 12.7. The molecule has 6 heteroatoms. The zero-order chi connectivity index (χ0) is 18.1. The number of nitrogens with zero attached hydrogens (tertiary/aromatic N) is 1. The van der Waals surface area contributed by atoms with Crippen molar-refractivity contribution >= 4 is 17.5 Å². The van der Waals surface area contributed by atoms with E-state index >= 15 is 0 Å². The van der Waals surface area contributed by atoms with Crippen molar-refractivity contribution < 1.29 is 13.9 Å². The summed E-state index contributed by atoms with van der Waals surface area (Å²) in [6.45, 7) is 4.48. The Morgan fingerprint density at radius 2 is 2.04 bits per heavy atom. The molecule has 0 aliphatic carbocycles. The van der Waals surface area contributed by atoms with Crippen LogP contribution >= 0.6 is 11.6 Å². The van der Waals surface area contributed by atoms with E-state index in [2.05, 4.69) is 17.1 Å². The van der Waals surface area contributed by atoms with Crippen LogP contribution in [0.3, 0.4) is 0 Å². The normalized spacial score (nSPS) is 27.3. The lowest BCUT2D eigenvalue weighted by Gasteiger charge is -2.51. The van der Waals surface area contributed by atoms with Crippen molar-refractivity contribution in [2.75, 3.05) is 13.1 Å². The number of halogens is 1. The number of carbonyl (C=O) groups excluding carboxylic acids is 1. The first kappa shape index (κ1) is 17.4. The van der Waals surface area contributed by atoms with E-state index in [4.69, 9.17) is 20.8 Å². The van der Waals surface area contributed by atoms with E-state index in [0.29, 0.717) is 22.7 Å². The van der Waals surface area contributed by atoms with Gasteiger partial charge in [-0.3, -0.25) is 9.69 Å². The molecule has 0 spiro atoms. The van der Waals surface area contributed by atoms with Crippen LogP contribution in [-0.2, 0) is 0 Å². The number of para-hydroxylation sites is 1. The predicted octanol–water partition coefficient (Wildman–Crippen LogP) is 4.33. The Bertz CT molecular complexity index is 783. The van der Waals surface area contributed by atoms with Crippen LogP contribution in [0.4, 0.5) is 0 Å². The van der Waals surface area contributed by atoms with Crippen molar-refractivity contribution in [2.24, 2.45) is 5.92 Å². The van der Waals surface area contributed by atoms with Gasteiger partial charge in [-0.2, -0.15) is 0 Å². The SMILES string of the molecule is CC[C@H]1[C@H](NC(=O)c2ccc(Oc3ccccc3Cl)o2)C2CCN1CC2. The van der Waals surface area contributed by atoms with Crippen LogP contribution in [-0.4, -0.2) is 36.0 Å². The number of carbonyl (C=O) groups is 1. The third-order valence-corrected chi connectivity index (χ3v) is 5.85. The number of furan rings is 1. The van der Waals surface area contributed by atoms with Crippen LogP contribution in [0.1, 0.15) is 36.7 Å². The van der Waals surface area contributed by atoms with E-state index in [0.717, 1.165) is 32.4 Å². The quantitative estimate of drug-likeness (QED) is 0.846. The first-order valence-electron chi connectivity index (χ1n) is 9.23. The van der Waals surface area contributed by atoms with Crippen LogP contribution in [0.15, 0.2) is 40.8 Å². The summed E-state index contributed by atoms with van der Waals surface area (Å²) >= 11 is 6.09. The second-order valence-corrected chi connectivity index (χ2v) is 7.41. The van der Waals surface area contributed by atoms with Gasteiger partial charge in [0, 0.05) is 18.2 Å². The third-order valence-electron chi connectivity index (χ3n) is 5.53. The number of ether oxygens (including phenoxy) is 1. The highest BCUT2D eigenvalue weighted by Gasteiger charge is 2.42. The molecular formula is C20H23ClN2O3. The van der Waals surface area contributed by atoms with E-state index in [1.54, 1.807) is 24.3 Å². The summed E-state index contributed by atoms with van der Waals surface area (Å²) in [6.07, 6.45) is 3.35. The molecule has 5 nitrogen and oxygen atoms in total. The molecule has 26 heavy (non-hydrogen) atoms. The maximum Gasteiger partial charge on any atom is 0.290 e. The number of hydrogen-bond donors (Lipinski definition) is 1. The summed E-state index contributed by atoms with van der Waals surface area (Å²) in [5.74, 6) is 1.39. The molecule has 3 aliphatic heterocycles. The van der Waals surface area contributed by atoms with Gasteiger partial charge < -0.3 is 14.5 Å². The summed E-state index contributed by atoms with van der Waals surface area (Å²) in [4.78, 5) is 15.2. The van der Waals surface area contributed by atoms with Gasteiger partial charge in [-0.05, 0) is 56.5 Å². The molecule has 1 amide bonds. The molecular weight excluding hydrogens is 352 g/mol. The van der Waals surface area contributed by atoms with Crippen LogP contribution < -0.4 is 10.1 Å². The number of benzene rings is 1. The topological polar surface area (TPSA) is 54.7 Å². The van der Waals surface area contributed by atoms with Gasteiger partial charge >= 0.3 is 0 Å². The Morgan fingerprint density at radius 1 is 1.27 bits per heavy atom. The fraction of sp³-hybridized carbons (Fsp3) is 0.450. The minimum absolute atomic E-state index is 0.184. The largest absolute Gasteiger partial charge is 0.424 e. The minimum atomic E-state index is -0.184. The van der Waals surface area contributed by atoms with Gasteiger partial charge in [-0.1, -0.05) is 30.7 Å². The Balaban J connectivity index is 1.44. The summed E-state index contributed by atoms with van der Waals surface area (Å²) < 4.78 is 11.2. The van der Waals surface area contributed by atoms with Crippen LogP contribution in [0.2, 0.25) is 5.02 Å². The molecule has 1 N–H and O–H groups in total. The second kappa shape index (κ2) is 7.33. The molecule has 5 rings (SSSR count). The highest BCUT2D eigenvalue weighted by molar-refractivity contribution is 6.32. The van der Waals surface area contributed by atoms with Crippen LogP contribution in [0, 0.1) is 5.92 Å². The van der Waals surface area contributed by atoms with Gasteiger partial charge in [0.15, 0.2) is 5.76 Å². The fourth-order valence-corrected chi connectivity index (χ4v) is 4.41. The molecule has 2 atom stereocenters. The van der Waals surface area contributed by atoms with Gasteiger partial charge in [0.2, 0.25) is 0 Å². The van der Waals surface area contributed by atoms with Gasteiger partial charge in [0.1, 0.15) is 5.75 Å². The van der Waals surface area contributed by atoms with Gasteiger partial charge in [-0.25, -0.2) is 0 Å². The highest BCUT2D eigenvalue weighted by atomic mass is 35.5. The highest BCUT2D eigenvalue weighted by Crippen LogP contribution is 2.34. The lowest BCUT2D eigenvalue weighted by atomic mass is 9.77. The average molecular weight is 375 g/mol. The molecule has 3 fully saturated rings. The standard InChI is InChI=1S/C20H23ClN2O3/c1-2-15-19(13-9-11-23(15)12-10-13)22-20(24)17-7-8-18(26-17)25-16-6-4-3-5-14(16)21/h3-8,13,15,19H,2,9-12H2,1H3,(H,22,24)/t15-,19+/m0/s1. The molecule has 1 aromatic carbocycles. The van der Waals surface area contributed by atoms with Crippen LogP contribution in [0.25, 0.3) is 0 Å². The number of piperidine rings is 3. The summed E-state index contributed by atoms with van der Waals surface area (Å²) in [5.41, 5.74) is 0. The summed E-state index contributed by atoms with van der Waals surface area (Å²) in [7, 11) is 0. The number of hydrogen-bond acceptors (Lipinski definition) is 4. The number of amides is 1. The number of rotatable bonds is 5. The molecule has 3 saturated heterocycles. The smallest absolute Gasteiger partial charge is 0.290 e. The van der Waals surface area contributed by atoms with Gasteiger partial charge in [0.05, 0.1) is 5.02 Å². The summed E-state index contributed by atoms with van der Waals surface area (Å²) in [6, 6.07) is 11.0. The lowest BCUT2D eigenvalue weighted by molar-refractivity contribution is 0.0113. The second-order valence-electron chi connectivity index (χ2n) is 7.00. The molecule has 138 valence electrons. The number of nitrogens with one attached hydrogen (secondary N) is 1. The maximum absolute atomic E-state index is 12.7. The van der Waals surface area contributed by atoms with Crippen LogP contribution in [0.5, 0.6) is 11.7 Å². The number of fused-ring (bicyclic) bond motifs is 3. The van der Waals surface area contributed by atoms with E-state index in [1.807, 2.05) is 12.1 Å². The first-order valence-corrected chi connectivity index (χ1v) is 9.60. The Morgan fingerprint density at radius 3 is 2.77 bits per heavy atom. The molecule has 2 aromatic rings. The Kier molecular flexibility index (Phi) is 4.92. The summed E-state index contributed by atoms with van der Waals surface area (Å²) in [5, 5.41) is 3.69. The van der Waals surface area contributed by atoms with Crippen molar-refractivity contribution in [3.8, 4) is 11.7 Å². The van der Waals surface area contributed by atoms with Gasteiger partial charge in [-0.15, -0.1) is 0 Å². The third kappa shape index (κ3) is 3.33. The molecule has 0 unspecified atom stereocenters. The molecule has 3 aliphatic rings. The monoisotopic (exact) mass is 374 g/mol. The van der Waals surface area contributed by atoms with Crippen molar-refractivity contribution in [2.45, 2.75) is 38.3 Å². The Hall–Kier alpha value is -1.98. The van der Waals surface area contributed by atoms with E-state index in [-0.39, 0.29) is 23.7 Å². The van der Waals surface area contributed by atoms with Crippen molar-refractivity contribution in [3.63, 3.8) is 0 Å². The van der Waals surface area contributed by atoms with Crippen molar-refractivity contribution in [3.05, 3.63) is 47.2 Å². The van der Waals surface area contributed by atoms with E-state index < -0.39 is 0 Å². The molecule has 2 bridgehead atoms. The molecule has 1 aromatic heterocycles. The fourth-order valence-electron chi connectivity index (χ4n) is 4.23. The van der Waals surface area contributed by atoms with Crippen molar-refractivity contribution in [1.29, 1.82) is 0 Å². The molecule has 0 radical (unpaired) electrons. The zero-order valence-corrected chi connectivity index (χ0v) is 15.5. The van der Waals surface area contributed by atoms with Crippen molar-refractivity contribution in [1.82, 2.24) is 10.2 Å². The predicted molar refractivity (Wildman–Crippen MR) is 99.9 cm³/mol. The molecule has 4 heterocycles. The zero-order valence-electron chi connectivity index (χ0n) is 14.8. The van der Waals surface area contributed by atoms with E-state index in [9.17, 15) is 4.79 Å². The van der Waals surface area contributed by atoms with E-state index in [1.165, 1.54) is 0 Å². The van der Waals surface area contributed by atoms with Gasteiger partial charge in [0.25, 0.3) is 11.9 Å². The molecule has 0 saturated carbocycles.